The van der Waals surface area contributed by atoms with Crippen LogP contribution < -0.4 is 5.32 Å². The molecule has 0 unspecified atom stereocenters. The molecule has 1 amide bonds. The van der Waals surface area contributed by atoms with Crippen molar-refractivity contribution in [3.05, 3.63) is 69.3 Å². The van der Waals surface area contributed by atoms with E-state index >= 15 is 0 Å². The number of carbonyl (C=O) groups excluding carboxylic acids is 1. The van der Waals surface area contributed by atoms with Gasteiger partial charge in [-0.1, -0.05) is 48.3 Å². The SMILES string of the molecule is CCc1cnc2c(NC(=O)c3c(Cl)cccc3Cl)cccc2c1CC(C)(C)O. The molecule has 0 radical (unpaired) electrons. The Morgan fingerprint density at radius 1 is 1.14 bits per heavy atom. The van der Waals surface area contributed by atoms with Gasteiger partial charge in [-0.3, -0.25) is 9.78 Å². The minimum absolute atomic E-state index is 0.227. The molecule has 2 aromatic carbocycles. The fourth-order valence-electron chi connectivity index (χ4n) is 3.27. The van der Waals surface area contributed by atoms with Crippen molar-refractivity contribution in [2.24, 2.45) is 0 Å². The number of amides is 1. The van der Waals surface area contributed by atoms with Gasteiger partial charge in [-0.15, -0.1) is 0 Å². The van der Waals surface area contributed by atoms with Gasteiger partial charge in [-0.25, -0.2) is 0 Å². The van der Waals surface area contributed by atoms with Gasteiger partial charge in [0.2, 0.25) is 0 Å². The monoisotopic (exact) mass is 416 g/mol. The van der Waals surface area contributed by atoms with Crippen molar-refractivity contribution in [3.63, 3.8) is 0 Å². The predicted molar refractivity (Wildman–Crippen MR) is 116 cm³/mol. The van der Waals surface area contributed by atoms with Crippen molar-refractivity contribution in [1.29, 1.82) is 0 Å². The highest BCUT2D eigenvalue weighted by Gasteiger charge is 2.20. The Hall–Kier alpha value is -2.14. The summed E-state index contributed by atoms with van der Waals surface area (Å²) in [4.78, 5) is 17.4. The molecule has 0 aliphatic carbocycles. The zero-order valence-electron chi connectivity index (χ0n) is 16.0. The first kappa shape index (κ1) is 20.6. The molecule has 4 nitrogen and oxygen atoms in total. The average molecular weight is 417 g/mol. The molecule has 1 aromatic heterocycles. The molecule has 0 saturated heterocycles. The molecule has 146 valence electrons. The Morgan fingerprint density at radius 2 is 1.79 bits per heavy atom. The molecular weight excluding hydrogens is 395 g/mol. The van der Waals surface area contributed by atoms with E-state index in [4.69, 9.17) is 23.2 Å². The lowest BCUT2D eigenvalue weighted by atomic mass is 9.91. The number of aliphatic hydroxyl groups is 1. The number of hydrogen-bond donors (Lipinski definition) is 2. The van der Waals surface area contributed by atoms with E-state index in [1.807, 2.05) is 18.3 Å². The summed E-state index contributed by atoms with van der Waals surface area (Å²) in [6, 6.07) is 10.5. The van der Waals surface area contributed by atoms with Crippen LogP contribution in [0.15, 0.2) is 42.6 Å². The van der Waals surface area contributed by atoms with Crippen molar-refractivity contribution in [2.75, 3.05) is 5.32 Å². The largest absolute Gasteiger partial charge is 0.390 e. The standard InChI is InChI=1S/C22H22Cl2N2O2/c1-4-13-12-25-20-14(15(13)11-22(2,3)28)7-5-10-18(20)26-21(27)19-16(23)8-6-9-17(19)24/h5-10,12,28H,4,11H2,1-3H3,(H,26,27). The summed E-state index contributed by atoms with van der Waals surface area (Å²) in [5.74, 6) is -0.395. The molecule has 1 heterocycles. The Morgan fingerprint density at radius 3 is 2.39 bits per heavy atom. The number of aryl methyl sites for hydroxylation is 1. The van der Waals surface area contributed by atoms with Gasteiger partial charge in [-0.2, -0.15) is 0 Å². The average Bonchev–Trinajstić information content (AvgIpc) is 2.61. The quantitative estimate of drug-likeness (QED) is 0.562. The molecule has 2 N–H and O–H groups in total. The highest BCUT2D eigenvalue weighted by atomic mass is 35.5. The molecule has 0 spiro atoms. The number of rotatable bonds is 5. The van der Waals surface area contributed by atoms with Gasteiger partial charge in [0.1, 0.15) is 0 Å². The molecule has 0 aliphatic heterocycles. The number of halogens is 2. The summed E-state index contributed by atoms with van der Waals surface area (Å²) >= 11 is 12.3. The van der Waals surface area contributed by atoms with Gasteiger partial charge in [0, 0.05) is 18.0 Å². The van der Waals surface area contributed by atoms with Crippen LogP contribution in [0, 0.1) is 0 Å². The van der Waals surface area contributed by atoms with Crippen molar-refractivity contribution >= 4 is 45.7 Å². The van der Waals surface area contributed by atoms with Crippen molar-refractivity contribution in [1.82, 2.24) is 4.98 Å². The number of carbonyl (C=O) groups is 1. The maximum atomic E-state index is 12.8. The normalized spacial score (nSPS) is 11.6. The third-order valence-electron chi connectivity index (χ3n) is 4.53. The summed E-state index contributed by atoms with van der Waals surface area (Å²) in [5.41, 5.74) is 2.71. The number of benzene rings is 2. The van der Waals surface area contributed by atoms with Crippen LogP contribution in [0.25, 0.3) is 10.9 Å². The van der Waals surface area contributed by atoms with Crippen LogP contribution >= 0.6 is 23.2 Å². The van der Waals surface area contributed by atoms with Gasteiger partial charge < -0.3 is 10.4 Å². The van der Waals surface area contributed by atoms with E-state index in [2.05, 4.69) is 17.2 Å². The van der Waals surface area contributed by atoms with Crippen molar-refractivity contribution < 1.29 is 9.90 Å². The Balaban J connectivity index is 2.08. The molecule has 3 rings (SSSR count). The van der Waals surface area contributed by atoms with Gasteiger partial charge in [-0.05, 0) is 49.6 Å². The first-order chi connectivity index (χ1) is 13.2. The molecule has 3 aromatic rings. The minimum Gasteiger partial charge on any atom is -0.390 e. The summed E-state index contributed by atoms with van der Waals surface area (Å²) in [5, 5.41) is 14.7. The van der Waals surface area contributed by atoms with E-state index in [0.29, 0.717) is 17.6 Å². The summed E-state index contributed by atoms with van der Waals surface area (Å²) in [7, 11) is 0. The maximum Gasteiger partial charge on any atom is 0.258 e. The maximum absolute atomic E-state index is 12.8. The van der Waals surface area contributed by atoms with E-state index in [1.54, 1.807) is 38.1 Å². The third kappa shape index (κ3) is 4.30. The Kier molecular flexibility index (Phi) is 5.94. The van der Waals surface area contributed by atoms with Gasteiger partial charge >= 0.3 is 0 Å². The molecule has 0 saturated carbocycles. The number of aromatic nitrogens is 1. The second-order valence-corrected chi connectivity index (χ2v) is 8.17. The number of fused-ring (bicyclic) bond motifs is 1. The van der Waals surface area contributed by atoms with E-state index in [9.17, 15) is 9.90 Å². The topological polar surface area (TPSA) is 62.2 Å². The molecular formula is C22H22Cl2N2O2. The number of hydrogen-bond acceptors (Lipinski definition) is 3. The molecule has 0 atom stereocenters. The fourth-order valence-corrected chi connectivity index (χ4v) is 3.84. The number of nitrogens with one attached hydrogen (secondary N) is 1. The van der Waals surface area contributed by atoms with Gasteiger partial charge in [0.25, 0.3) is 5.91 Å². The summed E-state index contributed by atoms with van der Waals surface area (Å²) < 4.78 is 0. The summed E-state index contributed by atoms with van der Waals surface area (Å²) in [6.07, 6.45) is 3.10. The van der Waals surface area contributed by atoms with Crippen LogP contribution in [0.3, 0.4) is 0 Å². The Bertz CT molecular complexity index is 1020. The zero-order chi connectivity index (χ0) is 20.5. The van der Waals surface area contributed by atoms with Crippen LogP contribution in [-0.4, -0.2) is 21.6 Å². The minimum atomic E-state index is -0.859. The number of anilines is 1. The van der Waals surface area contributed by atoms with E-state index in [1.165, 1.54) is 0 Å². The van der Waals surface area contributed by atoms with E-state index < -0.39 is 11.5 Å². The second-order valence-electron chi connectivity index (χ2n) is 7.36. The van der Waals surface area contributed by atoms with Crippen LogP contribution in [0.5, 0.6) is 0 Å². The smallest absolute Gasteiger partial charge is 0.258 e. The van der Waals surface area contributed by atoms with E-state index in [0.717, 1.165) is 22.9 Å². The molecule has 0 bridgehead atoms. The molecule has 6 heteroatoms. The second kappa shape index (κ2) is 8.08. The first-order valence-corrected chi connectivity index (χ1v) is 9.84. The fraction of sp³-hybridized carbons (Fsp3) is 0.273. The lowest BCUT2D eigenvalue weighted by Gasteiger charge is -2.21. The third-order valence-corrected chi connectivity index (χ3v) is 5.16. The first-order valence-electron chi connectivity index (χ1n) is 9.08. The number of para-hydroxylation sites is 1. The predicted octanol–water partition coefficient (Wildman–Crippen LogP) is 5.67. The molecule has 28 heavy (non-hydrogen) atoms. The van der Waals surface area contributed by atoms with Crippen LogP contribution in [0.4, 0.5) is 5.69 Å². The van der Waals surface area contributed by atoms with Gasteiger partial charge in [0.05, 0.1) is 32.4 Å². The highest BCUT2D eigenvalue weighted by Crippen LogP contribution is 2.31. The van der Waals surface area contributed by atoms with Crippen LogP contribution in [0.2, 0.25) is 10.0 Å². The van der Waals surface area contributed by atoms with Crippen LogP contribution in [-0.2, 0) is 12.8 Å². The highest BCUT2D eigenvalue weighted by molar-refractivity contribution is 6.40. The van der Waals surface area contributed by atoms with Gasteiger partial charge in [0.15, 0.2) is 0 Å². The number of pyridine rings is 1. The Labute approximate surface area is 174 Å². The molecule has 0 fully saturated rings. The lowest BCUT2D eigenvalue weighted by molar-refractivity contribution is 0.0811. The summed E-state index contributed by atoms with van der Waals surface area (Å²) in [6.45, 7) is 5.62. The lowest BCUT2D eigenvalue weighted by Crippen LogP contribution is -2.23. The van der Waals surface area contributed by atoms with Crippen LogP contribution in [0.1, 0.15) is 42.3 Å². The van der Waals surface area contributed by atoms with Crippen molar-refractivity contribution in [3.8, 4) is 0 Å². The molecule has 0 aliphatic rings. The number of nitrogens with zero attached hydrogens (tertiary/aromatic N) is 1. The zero-order valence-corrected chi connectivity index (χ0v) is 17.5. The van der Waals surface area contributed by atoms with E-state index in [-0.39, 0.29) is 15.6 Å². The van der Waals surface area contributed by atoms with Crippen molar-refractivity contribution in [2.45, 2.75) is 39.2 Å².